The van der Waals surface area contributed by atoms with Crippen molar-refractivity contribution in [1.82, 2.24) is 5.32 Å². The molecule has 2 rings (SSSR count). The van der Waals surface area contributed by atoms with Crippen LogP contribution in [-0.2, 0) is 21.5 Å². The molecule has 1 aromatic rings. The minimum atomic E-state index is -3.86. The summed E-state index contributed by atoms with van der Waals surface area (Å²) in [5.41, 5.74) is 1.16. The van der Waals surface area contributed by atoms with Crippen molar-refractivity contribution in [2.45, 2.75) is 50.9 Å². The van der Waals surface area contributed by atoms with Crippen LogP contribution in [0.3, 0.4) is 0 Å². The summed E-state index contributed by atoms with van der Waals surface area (Å²) in [6, 6.07) is 10.4. The normalized spacial score (nSPS) is 22.6. The summed E-state index contributed by atoms with van der Waals surface area (Å²) in [6.07, 6.45) is 5.00. The van der Waals surface area contributed by atoms with Crippen LogP contribution in [0.4, 0.5) is 0 Å². The van der Waals surface area contributed by atoms with E-state index in [4.69, 9.17) is 9.29 Å². The SMILES string of the molecule is O=S(=O)(O)CCCN[C@@H]1CCCC[C@@H]1OCc1ccccc1. The molecule has 6 heteroatoms. The number of hydrogen-bond donors (Lipinski definition) is 2. The van der Waals surface area contributed by atoms with Crippen LogP contribution in [0, 0.1) is 0 Å². The van der Waals surface area contributed by atoms with Gasteiger partial charge < -0.3 is 10.1 Å². The van der Waals surface area contributed by atoms with Gasteiger partial charge in [-0.05, 0) is 31.4 Å². The van der Waals surface area contributed by atoms with Crippen molar-refractivity contribution in [3.05, 3.63) is 35.9 Å². The molecule has 0 spiro atoms. The first-order chi connectivity index (χ1) is 10.5. The van der Waals surface area contributed by atoms with Crippen molar-refractivity contribution >= 4 is 10.1 Å². The Labute approximate surface area is 132 Å². The number of ether oxygens (including phenoxy) is 1. The summed E-state index contributed by atoms with van der Waals surface area (Å²) in [7, 11) is -3.86. The average Bonchev–Trinajstić information content (AvgIpc) is 2.50. The van der Waals surface area contributed by atoms with E-state index in [0.29, 0.717) is 19.6 Å². The van der Waals surface area contributed by atoms with Gasteiger partial charge in [0.05, 0.1) is 18.5 Å². The van der Waals surface area contributed by atoms with Crippen LogP contribution in [0.2, 0.25) is 0 Å². The molecule has 0 aliphatic heterocycles. The van der Waals surface area contributed by atoms with Gasteiger partial charge in [0.15, 0.2) is 0 Å². The van der Waals surface area contributed by atoms with Crippen molar-refractivity contribution in [3.63, 3.8) is 0 Å². The first kappa shape index (κ1) is 17.4. The minimum Gasteiger partial charge on any atom is -0.372 e. The molecule has 1 aliphatic carbocycles. The number of hydrogen-bond acceptors (Lipinski definition) is 4. The Morgan fingerprint density at radius 2 is 1.91 bits per heavy atom. The third-order valence-corrected chi connectivity index (χ3v) is 4.80. The Morgan fingerprint density at radius 1 is 1.18 bits per heavy atom. The zero-order valence-corrected chi connectivity index (χ0v) is 13.6. The van der Waals surface area contributed by atoms with Gasteiger partial charge in [-0.2, -0.15) is 8.42 Å². The molecule has 1 fully saturated rings. The highest BCUT2D eigenvalue weighted by molar-refractivity contribution is 7.85. The second kappa shape index (κ2) is 8.62. The van der Waals surface area contributed by atoms with Crippen molar-refractivity contribution in [3.8, 4) is 0 Å². The summed E-state index contributed by atoms with van der Waals surface area (Å²) < 4.78 is 36.2. The van der Waals surface area contributed by atoms with Crippen LogP contribution in [0.15, 0.2) is 30.3 Å². The lowest BCUT2D eigenvalue weighted by Gasteiger charge is -2.32. The van der Waals surface area contributed by atoms with Crippen LogP contribution in [-0.4, -0.2) is 37.4 Å². The van der Waals surface area contributed by atoms with Crippen LogP contribution in [0.1, 0.15) is 37.7 Å². The summed E-state index contributed by atoms with van der Waals surface area (Å²) in [5.74, 6) is -0.192. The highest BCUT2D eigenvalue weighted by Crippen LogP contribution is 2.22. The highest BCUT2D eigenvalue weighted by atomic mass is 32.2. The quantitative estimate of drug-likeness (QED) is 0.566. The van der Waals surface area contributed by atoms with Gasteiger partial charge in [-0.3, -0.25) is 4.55 Å². The van der Waals surface area contributed by atoms with E-state index in [1.54, 1.807) is 0 Å². The predicted octanol–water partition coefficient (Wildman–Crippen LogP) is 2.38. The number of benzene rings is 1. The topological polar surface area (TPSA) is 75.6 Å². The van der Waals surface area contributed by atoms with Crippen LogP contribution in [0.5, 0.6) is 0 Å². The first-order valence-corrected chi connectivity index (χ1v) is 9.49. The summed E-state index contributed by atoms with van der Waals surface area (Å²) >= 11 is 0. The van der Waals surface area contributed by atoms with E-state index in [1.165, 1.54) is 12.8 Å². The van der Waals surface area contributed by atoms with Crippen molar-refractivity contribution in [1.29, 1.82) is 0 Å². The maximum Gasteiger partial charge on any atom is 0.264 e. The monoisotopic (exact) mass is 327 g/mol. The molecule has 124 valence electrons. The fourth-order valence-corrected chi connectivity index (χ4v) is 3.36. The molecule has 0 radical (unpaired) electrons. The molecule has 1 saturated carbocycles. The molecule has 22 heavy (non-hydrogen) atoms. The fraction of sp³-hybridized carbons (Fsp3) is 0.625. The molecule has 1 aliphatic rings. The van der Waals surface area contributed by atoms with Crippen molar-refractivity contribution in [2.75, 3.05) is 12.3 Å². The largest absolute Gasteiger partial charge is 0.372 e. The summed E-state index contributed by atoms with van der Waals surface area (Å²) in [4.78, 5) is 0. The highest BCUT2D eigenvalue weighted by Gasteiger charge is 2.25. The second-order valence-electron chi connectivity index (χ2n) is 5.82. The minimum absolute atomic E-state index is 0.166. The fourth-order valence-electron chi connectivity index (χ4n) is 2.85. The van der Waals surface area contributed by atoms with E-state index in [-0.39, 0.29) is 17.9 Å². The molecule has 0 bridgehead atoms. The average molecular weight is 327 g/mol. The van der Waals surface area contributed by atoms with Gasteiger partial charge in [0.2, 0.25) is 0 Å². The van der Waals surface area contributed by atoms with E-state index in [9.17, 15) is 8.42 Å². The van der Waals surface area contributed by atoms with E-state index < -0.39 is 10.1 Å². The molecular formula is C16H25NO4S. The van der Waals surface area contributed by atoms with Gasteiger partial charge >= 0.3 is 0 Å². The lowest BCUT2D eigenvalue weighted by molar-refractivity contribution is -0.00536. The van der Waals surface area contributed by atoms with Crippen LogP contribution < -0.4 is 5.32 Å². The van der Waals surface area contributed by atoms with Gasteiger partial charge in [0.1, 0.15) is 0 Å². The third-order valence-electron chi connectivity index (χ3n) is 4.00. The Bertz CT molecular complexity index is 532. The van der Waals surface area contributed by atoms with E-state index in [0.717, 1.165) is 18.4 Å². The zero-order valence-electron chi connectivity index (χ0n) is 12.8. The number of nitrogens with one attached hydrogen (secondary N) is 1. The lowest BCUT2D eigenvalue weighted by atomic mass is 9.92. The first-order valence-electron chi connectivity index (χ1n) is 7.89. The molecular weight excluding hydrogens is 302 g/mol. The summed E-state index contributed by atoms with van der Waals surface area (Å²) in [6.45, 7) is 1.18. The van der Waals surface area contributed by atoms with Gasteiger partial charge in [-0.15, -0.1) is 0 Å². The van der Waals surface area contributed by atoms with Crippen molar-refractivity contribution < 1.29 is 17.7 Å². The van der Waals surface area contributed by atoms with Gasteiger partial charge in [0.25, 0.3) is 10.1 Å². The van der Waals surface area contributed by atoms with Crippen molar-refractivity contribution in [2.24, 2.45) is 0 Å². The van der Waals surface area contributed by atoms with Crippen LogP contribution in [0.25, 0.3) is 0 Å². The Kier molecular flexibility index (Phi) is 6.82. The third kappa shape index (κ3) is 6.44. The number of rotatable bonds is 8. The smallest absolute Gasteiger partial charge is 0.264 e. The molecule has 2 N–H and O–H groups in total. The maximum absolute atomic E-state index is 10.7. The molecule has 0 saturated heterocycles. The molecule has 2 atom stereocenters. The van der Waals surface area contributed by atoms with Gasteiger partial charge in [-0.1, -0.05) is 43.2 Å². The van der Waals surface area contributed by atoms with E-state index in [1.807, 2.05) is 18.2 Å². The lowest BCUT2D eigenvalue weighted by Crippen LogP contribution is -2.44. The Balaban J connectivity index is 1.75. The van der Waals surface area contributed by atoms with Crippen LogP contribution >= 0.6 is 0 Å². The maximum atomic E-state index is 10.7. The molecule has 1 aromatic carbocycles. The Hall–Kier alpha value is -0.950. The molecule has 0 aromatic heterocycles. The second-order valence-corrected chi connectivity index (χ2v) is 7.39. The standard InChI is InChI=1S/C16H25NO4S/c18-22(19,20)12-6-11-17-15-9-4-5-10-16(15)21-13-14-7-2-1-3-8-14/h1-3,7-8,15-17H,4-6,9-13H2,(H,18,19,20)/t15-,16+/m1/s1. The van der Waals surface area contributed by atoms with E-state index >= 15 is 0 Å². The molecule has 0 heterocycles. The Morgan fingerprint density at radius 3 is 2.64 bits per heavy atom. The molecule has 0 unspecified atom stereocenters. The van der Waals surface area contributed by atoms with E-state index in [2.05, 4.69) is 17.4 Å². The molecule has 5 nitrogen and oxygen atoms in total. The predicted molar refractivity (Wildman–Crippen MR) is 86.3 cm³/mol. The molecule has 0 amide bonds. The van der Waals surface area contributed by atoms with Gasteiger partial charge in [-0.25, -0.2) is 0 Å². The summed E-state index contributed by atoms with van der Waals surface area (Å²) in [5, 5.41) is 3.38. The van der Waals surface area contributed by atoms with Gasteiger partial charge in [0, 0.05) is 6.04 Å². The zero-order chi connectivity index (χ0) is 15.8.